The van der Waals surface area contributed by atoms with Gasteiger partial charge in [0.2, 0.25) is 0 Å². The van der Waals surface area contributed by atoms with E-state index in [4.69, 9.17) is 0 Å². The summed E-state index contributed by atoms with van der Waals surface area (Å²) in [7, 11) is 1.81. The highest BCUT2D eigenvalue weighted by Gasteiger charge is 2.30. The monoisotopic (exact) mass is 356 g/mol. The quantitative estimate of drug-likeness (QED) is 0.721. The SMILES string of the molecule is Cc1cc(-c2[nH]c3cc(Br)ccc3c2C2CC2)cn(C)c1=O. The van der Waals surface area contributed by atoms with Crippen LogP contribution in [-0.2, 0) is 7.05 Å². The molecule has 0 spiro atoms. The number of aromatic amines is 1. The van der Waals surface area contributed by atoms with Gasteiger partial charge in [-0.15, -0.1) is 0 Å². The Balaban J connectivity index is 2.02. The van der Waals surface area contributed by atoms with Crippen molar-refractivity contribution in [3.8, 4) is 11.3 Å². The number of fused-ring (bicyclic) bond motifs is 1. The summed E-state index contributed by atoms with van der Waals surface area (Å²) >= 11 is 3.54. The Bertz CT molecular complexity index is 921. The minimum Gasteiger partial charge on any atom is -0.354 e. The third-order valence-electron chi connectivity index (χ3n) is 4.44. The molecule has 0 aliphatic heterocycles. The first kappa shape index (κ1) is 13.8. The molecule has 1 N–H and O–H groups in total. The minimum atomic E-state index is 0.0653. The number of rotatable bonds is 2. The number of pyridine rings is 1. The van der Waals surface area contributed by atoms with E-state index in [1.807, 2.05) is 26.2 Å². The van der Waals surface area contributed by atoms with Crippen LogP contribution in [0.25, 0.3) is 22.2 Å². The number of nitrogens with one attached hydrogen (secondary N) is 1. The summed E-state index contributed by atoms with van der Waals surface area (Å²) in [6.07, 6.45) is 4.43. The van der Waals surface area contributed by atoms with E-state index < -0.39 is 0 Å². The molecule has 4 rings (SSSR count). The summed E-state index contributed by atoms with van der Waals surface area (Å²) in [6, 6.07) is 8.40. The van der Waals surface area contributed by atoms with Crippen molar-refractivity contribution in [1.29, 1.82) is 0 Å². The molecule has 4 heteroatoms. The third-order valence-corrected chi connectivity index (χ3v) is 4.93. The van der Waals surface area contributed by atoms with E-state index in [2.05, 4.69) is 39.1 Å². The highest BCUT2D eigenvalue weighted by Crippen LogP contribution is 2.48. The number of benzene rings is 1. The van der Waals surface area contributed by atoms with Crippen molar-refractivity contribution in [2.24, 2.45) is 7.05 Å². The molecule has 0 radical (unpaired) electrons. The van der Waals surface area contributed by atoms with Crippen molar-refractivity contribution < 1.29 is 0 Å². The summed E-state index contributed by atoms with van der Waals surface area (Å²) in [4.78, 5) is 15.5. The second-order valence-corrected chi connectivity index (χ2v) is 7.12. The molecule has 3 nitrogen and oxygen atoms in total. The van der Waals surface area contributed by atoms with E-state index in [-0.39, 0.29) is 5.56 Å². The van der Waals surface area contributed by atoms with Gasteiger partial charge in [0.25, 0.3) is 5.56 Å². The topological polar surface area (TPSA) is 37.8 Å². The van der Waals surface area contributed by atoms with E-state index in [0.29, 0.717) is 5.92 Å². The average molecular weight is 357 g/mol. The lowest BCUT2D eigenvalue weighted by Gasteiger charge is -2.07. The summed E-state index contributed by atoms with van der Waals surface area (Å²) in [6.45, 7) is 1.88. The molecule has 1 saturated carbocycles. The summed E-state index contributed by atoms with van der Waals surface area (Å²) in [5.74, 6) is 0.641. The summed E-state index contributed by atoms with van der Waals surface area (Å²) in [5, 5.41) is 1.30. The van der Waals surface area contributed by atoms with Gasteiger partial charge in [-0.3, -0.25) is 4.79 Å². The molecule has 112 valence electrons. The largest absolute Gasteiger partial charge is 0.354 e. The van der Waals surface area contributed by atoms with Gasteiger partial charge in [0.15, 0.2) is 0 Å². The molecule has 0 unspecified atom stereocenters. The molecule has 22 heavy (non-hydrogen) atoms. The molecule has 0 atom stereocenters. The van der Waals surface area contributed by atoms with Crippen LogP contribution >= 0.6 is 15.9 Å². The van der Waals surface area contributed by atoms with Gasteiger partial charge in [-0.25, -0.2) is 0 Å². The lowest BCUT2D eigenvalue weighted by molar-refractivity contribution is 0.849. The van der Waals surface area contributed by atoms with E-state index >= 15 is 0 Å². The van der Waals surface area contributed by atoms with E-state index in [1.165, 1.54) is 23.8 Å². The molecular formula is C18H17BrN2O. The van der Waals surface area contributed by atoms with Crippen LogP contribution in [0.1, 0.15) is 29.9 Å². The Morgan fingerprint density at radius 2 is 2.05 bits per heavy atom. The third kappa shape index (κ3) is 2.13. The Morgan fingerprint density at radius 3 is 2.73 bits per heavy atom. The average Bonchev–Trinajstić information content (AvgIpc) is 3.24. The zero-order chi connectivity index (χ0) is 15.4. The minimum absolute atomic E-state index is 0.0653. The van der Waals surface area contributed by atoms with E-state index in [1.54, 1.807) is 4.57 Å². The van der Waals surface area contributed by atoms with Crippen LogP contribution in [0.3, 0.4) is 0 Å². The Kier molecular flexibility index (Phi) is 3.05. The second kappa shape index (κ2) is 4.85. The normalized spacial score (nSPS) is 14.7. The number of aryl methyl sites for hydroxylation is 2. The number of H-pyrrole nitrogens is 1. The van der Waals surface area contributed by atoms with Crippen molar-refractivity contribution in [3.05, 3.63) is 56.4 Å². The van der Waals surface area contributed by atoms with Gasteiger partial charge in [-0.1, -0.05) is 22.0 Å². The molecule has 0 amide bonds. The van der Waals surface area contributed by atoms with Gasteiger partial charge in [-0.2, -0.15) is 0 Å². The molecule has 1 aromatic carbocycles. The zero-order valence-corrected chi connectivity index (χ0v) is 14.2. The van der Waals surface area contributed by atoms with Crippen molar-refractivity contribution in [2.45, 2.75) is 25.7 Å². The molecule has 0 saturated heterocycles. The fraction of sp³-hybridized carbons (Fsp3) is 0.278. The van der Waals surface area contributed by atoms with Crippen LogP contribution < -0.4 is 5.56 Å². The number of nitrogens with zero attached hydrogens (tertiary/aromatic N) is 1. The van der Waals surface area contributed by atoms with Gasteiger partial charge < -0.3 is 9.55 Å². The second-order valence-electron chi connectivity index (χ2n) is 6.21. The van der Waals surface area contributed by atoms with Crippen molar-refractivity contribution in [1.82, 2.24) is 9.55 Å². The van der Waals surface area contributed by atoms with E-state index in [9.17, 15) is 4.79 Å². The van der Waals surface area contributed by atoms with Crippen LogP contribution in [0.15, 0.2) is 39.7 Å². The molecule has 3 aromatic rings. The van der Waals surface area contributed by atoms with Gasteiger partial charge in [0.05, 0.1) is 5.69 Å². The predicted octanol–water partition coefficient (Wildman–Crippen LogP) is 4.48. The predicted molar refractivity (Wildman–Crippen MR) is 93.4 cm³/mol. The molecule has 2 aromatic heterocycles. The van der Waals surface area contributed by atoms with Gasteiger partial charge in [-0.05, 0) is 49.4 Å². The Hall–Kier alpha value is -1.81. The van der Waals surface area contributed by atoms with Crippen LogP contribution in [0.4, 0.5) is 0 Å². The zero-order valence-electron chi connectivity index (χ0n) is 12.6. The summed E-state index contributed by atoms with van der Waals surface area (Å²) in [5.41, 5.74) is 5.65. The van der Waals surface area contributed by atoms with Crippen LogP contribution in [0, 0.1) is 6.92 Å². The Labute approximate surface area is 137 Å². The maximum atomic E-state index is 11.9. The lowest BCUT2D eigenvalue weighted by Crippen LogP contribution is -2.18. The maximum absolute atomic E-state index is 11.9. The standard InChI is InChI=1S/C18H17BrN2O/c1-10-7-12(9-21(2)18(10)22)17-16(11-3-4-11)14-6-5-13(19)8-15(14)20-17/h5-9,11,20H,3-4H2,1-2H3. The fourth-order valence-corrected chi connectivity index (χ4v) is 3.59. The molecule has 1 aliphatic rings. The number of hydrogen-bond donors (Lipinski definition) is 1. The van der Waals surface area contributed by atoms with E-state index in [0.717, 1.165) is 26.8 Å². The van der Waals surface area contributed by atoms with Crippen molar-refractivity contribution in [3.63, 3.8) is 0 Å². The summed E-state index contributed by atoms with van der Waals surface area (Å²) < 4.78 is 2.75. The highest BCUT2D eigenvalue weighted by atomic mass is 79.9. The van der Waals surface area contributed by atoms with Gasteiger partial charge in [0.1, 0.15) is 0 Å². The molecule has 1 aliphatic carbocycles. The van der Waals surface area contributed by atoms with Crippen molar-refractivity contribution in [2.75, 3.05) is 0 Å². The van der Waals surface area contributed by atoms with Gasteiger partial charge >= 0.3 is 0 Å². The van der Waals surface area contributed by atoms with Crippen molar-refractivity contribution >= 4 is 26.8 Å². The number of halogens is 1. The molecule has 0 bridgehead atoms. The van der Waals surface area contributed by atoms with Crippen LogP contribution in [-0.4, -0.2) is 9.55 Å². The number of hydrogen-bond acceptors (Lipinski definition) is 1. The first-order valence-corrected chi connectivity index (χ1v) is 8.32. The highest BCUT2D eigenvalue weighted by molar-refractivity contribution is 9.10. The first-order chi connectivity index (χ1) is 10.5. The Morgan fingerprint density at radius 1 is 1.27 bits per heavy atom. The molecular weight excluding hydrogens is 340 g/mol. The maximum Gasteiger partial charge on any atom is 0.253 e. The lowest BCUT2D eigenvalue weighted by atomic mass is 10.0. The molecule has 2 heterocycles. The smallest absolute Gasteiger partial charge is 0.253 e. The number of aromatic nitrogens is 2. The first-order valence-electron chi connectivity index (χ1n) is 7.53. The van der Waals surface area contributed by atoms with Crippen LogP contribution in [0.2, 0.25) is 0 Å². The van der Waals surface area contributed by atoms with Crippen LogP contribution in [0.5, 0.6) is 0 Å². The van der Waals surface area contributed by atoms with Gasteiger partial charge in [0, 0.05) is 39.7 Å². The molecule has 1 fully saturated rings. The fourth-order valence-electron chi connectivity index (χ4n) is 3.23.